The molecule has 1 aliphatic carbocycles. The molecule has 1 saturated carbocycles. The number of sulfonamides is 1. The van der Waals surface area contributed by atoms with E-state index in [1.807, 2.05) is 19.9 Å². The van der Waals surface area contributed by atoms with Crippen molar-refractivity contribution < 1.29 is 8.42 Å². The molecule has 0 bridgehead atoms. The Balaban J connectivity index is 2.66. The zero-order chi connectivity index (χ0) is 11.5. The molecule has 5 heteroatoms. The summed E-state index contributed by atoms with van der Waals surface area (Å²) in [5, 5.41) is 8.49. The van der Waals surface area contributed by atoms with Crippen molar-refractivity contribution >= 4 is 10.0 Å². The molecule has 0 unspecified atom stereocenters. The van der Waals surface area contributed by atoms with Crippen LogP contribution in [0, 0.1) is 17.2 Å². The van der Waals surface area contributed by atoms with E-state index in [0.29, 0.717) is 6.54 Å². The minimum atomic E-state index is -3.15. The molecule has 0 aromatic rings. The van der Waals surface area contributed by atoms with Crippen LogP contribution in [0.15, 0.2) is 0 Å². The third kappa shape index (κ3) is 3.80. The average molecular weight is 230 g/mol. The van der Waals surface area contributed by atoms with Crippen molar-refractivity contribution in [2.75, 3.05) is 12.3 Å². The maximum Gasteiger partial charge on any atom is 0.214 e. The van der Waals surface area contributed by atoms with E-state index in [-0.39, 0.29) is 24.1 Å². The largest absolute Gasteiger partial charge is 0.214 e. The van der Waals surface area contributed by atoms with Crippen molar-refractivity contribution in [1.82, 2.24) is 4.31 Å². The maximum absolute atomic E-state index is 11.9. The summed E-state index contributed by atoms with van der Waals surface area (Å²) in [7, 11) is -3.15. The molecule has 0 aromatic carbocycles. The van der Waals surface area contributed by atoms with Crippen LogP contribution in [-0.2, 0) is 10.0 Å². The smallest absolute Gasteiger partial charge is 0.212 e. The molecule has 0 N–H and O–H groups in total. The first-order valence-electron chi connectivity index (χ1n) is 5.34. The predicted molar refractivity (Wildman–Crippen MR) is 58.6 cm³/mol. The van der Waals surface area contributed by atoms with Crippen molar-refractivity contribution in [3.8, 4) is 6.07 Å². The SMILES string of the molecule is CC(C)CS(=O)(=O)N(CCC#N)C1CC1. The molecule has 86 valence electrons. The van der Waals surface area contributed by atoms with E-state index in [1.54, 1.807) is 0 Å². The second kappa shape index (κ2) is 4.95. The van der Waals surface area contributed by atoms with Gasteiger partial charge in [0, 0.05) is 19.0 Å². The summed E-state index contributed by atoms with van der Waals surface area (Å²) < 4.78 is 25.4. The molecule has 1 aliphatic rings. The Bertz CT molecular complexity index is 339. The first kappa shape index (κ1) is 12.5. The second-order valence-corrected chi connectivity index (χ2v) is 6.39. The lowest BCUT2D eigenvalue weighted by atomic mass is 10.3. The molecule has 0 atom stereocenters. The molecule has 1 rings (SSSR count). The lowest BCUT2D eigenvalue weighted by Crippen LogP contribution is -2.36. The highest BCUT2D eigenvalue weighted by Crippen LogP contribution is 2.30. The van der Waals surface area contributed by atoms with E-state index in [9.17, 15) is 8.42 Å². The van der Waals surface area contributed by atoms with E-state index in [4.69, 9.17) is 5.26 Å². The molecule has 0 spiro atoms. The Kier molecular flexibility index (Phi) is 4.12. The topological polar surface area (TPSA) is 61.2 Å². The van der Waals surface area contributed by atoms with Gasteiger partial charge in [0.1, 0.15) is 0 Å². The van der Waals surface area contributed by atoms with E-state index in [1.165, 1.54) is 4.31 Å². The predicted octanol–water partition coefficient (Wildman–Crippen LogP) is 1.35. The van der Waals surface area contributed by atoms with Crippen molar-refractivity contribution in [2.24, 2.45) is 5.92 Å². The van der Waals surface area contributed by atoms with E-state index in [2.05, 4.69) is 0 Å². The lowest BCUT2D eigenvalue weighted by molar-refractivity contribution is 0.406. The van der Waals surface area contributed by atoms with Crippen LogP contribution in [0.4, 0.5) is 0 Å². The fourth-order valence-electron chi connectivity index (χ4n) is 1.59. The molecular formula is C10H18N2O2S. The monoisotopic (exact) mass is 230 g/mol. The molecule has 0 radical (unpaired) electrons. The van der Waals surface area contributed by atoms with Crippen molar-refractivity contribution in [2.45, 2.75) is 39.2 Å². The van der Waals surface area contributed by atoms with Crippen LogP contribution >= 0.6 is 0 Å². The van der Waals surface area contributed by atoms with Gasteiger partial charge in [0.2, 0.25) is 10.0 Å². The van der Waals surface area contributed by atoms with Gasteiger partial charge in [-0.15, -0.1) is 0 Å². The minimum absolute atomic E-state index is 0.137. The Morgan fingerprint density at radius 1 is 1.47 bits per heavy atom. The number of rotatable bonds is 6. The Morgan fingerprint density at radius 2 is 2.07 bits per heavy atom. The highest BCUT2D eigenvalue weighted by molar-refractivity contribution is 7.89. The number of hydrogen-bond donors (Lipinski definition) is 0. The Labute approximate surface area is 91.9 Å². The Morgan fingerprint density at radius 3 is 2.47 bits per heavy atom. The van der Waals surface area contributed by atoms with Crippen LogP contribution in [0.3, 0.4) is 0 Å². The second-order valence-electron chi connectivity index (χ2n) is 4.42. The van der Waals surface area contributed by atoms with Gasteiger partial charge in [0.25, 0.3) is 0 Å². The number of nitriles is 1. The molecule has 15 heavy (non-hydrogen) atoms. The molecule has 0 aromatic heterocycles. The van der Waals surface area contributed by atoms with Crippen molar-refractivity contribution in [3.05, 3.63) is 0 Å². The number of hydrogen-bond acceptors (Lipinski definition) is 3. The zero-order valence-corrected chi connectivity index (χ0v) is 10.1. The summed E-state index contributed by atoms with van der Waals surface area (Å²) in [6.45, 7) is 4.15. The first-order chi connectivity index (χ1) is 6.97. The number of nitrogens with zero attached hydrogens (tertiary/aromatic N) is 2. The van der Waals surface area contributed by atoms with Crippen molar-refractivity contribution in [1.29, 1.82) is 5.26 Å². The fourth-order valence-corrected chi connectivity index (χ4v) is 3.66. The fraction of sp³-hybridized carbons (Fsp3) is 0.900. The third-order valence-electron chi connectivity index (χ3n) is 2.30. The highest BCUT2D eigenvalue weighted by atomic mass is 32.2. The van der Waals surface area contributed by atoms with E-state index < -0.39 is 10.0 Å². The average Bonchev–Trinajstić information content (AvgIpc) is 2.85. The lowest BCUT2D eigenvalue weighted by Gasteiger charge is -2.21. The van der Waals surface area contributed by atoms with Crippen LogP contribution in [0.25, 0.3) is 0 Å². The van der Waals surface area contributed by atoms with Crippen LogP contribution < -0.4 is 0 Å². The van der Waals surface area contributed by atoms with E-state index in [0.717, 1.165) is 12.8 Å². The van der Waals surface area contributed by atoms with Gasteiger partial charge in [0.05, 0.1) is 11.8 Å². The molecular weight excluding hydrogens is 212 g/mol. The van der Waals surface area contributed by atoms with Gasteiger partial charge in [0.15, 0.2) is 0 Å². The molecule has 1 fully saturated rings. The zero-order valence-electron chi connectivity index (χ0n) is 9.31. The summed E-state index contributed by atoms with van der Waals surface area (Å²) in [6.07, 6.45) is 2.18. The molecule has 0 saturated heterocycles. The molecule has 0 aliphatic heterocycles. The highest BCUT2D eigenvalue weighted by Gasteiger charge is 2.36. The summed E-state index contributed by atoms with van der Waals surface area (Å²) in [5.74, 6) is 0.327. The van der Waals surface area contributed by atoms with Gasteiger partial charge in [-0.1, -0.05) is 13.8 Å². The van der Waals surface area contributed by atoms with Gasteiger partial charge in [-0.3, -0.25) is 0 Å². The minimum Gasteiger partial charge on any atom is -0.212 e. The molecule has 0 heterocycles. The van der Waals surface area contributed by atoms with Crippen LogP contribution in [0.1, 0.15) is 33.1 Å². The standard InChI is InChI=1S/C10H18N2O2S/c1-9(2)8-15(13,14)12(7-3-6-11)10-4-5-10/h9-10H,3-5,7-8H2,1-2H3. The quantitative estimate of drug-likeness (QED) is 0.692. The van der Waals surface area contributed by atoms with Crippen LogP contribution in [0.5, 0.6) is 0 Å². The Hall–Kier alpha value is -0.600. The summed E-state index contributed by atoms with van der Waals surface area (Å²) in [4.78, 5) is 0. The third-order valence-corrected chi connectivity index (χ3v) is 4.58. The van der Waals surface area contributed by atoms with Gasteiger partial charge >= 0.3 is 0 Å². The van der Waals surface area contributed by atoms with Crippen LogP contribution in [-0.4, -0.2) is 31.1 Å². The maximum atomic E-state index is 11.9. The summed E-state index contributed by atoms with van der Waals surface area (Å²) in [6, 6.07) is 2.17. The van der Waals surface area contributed by atoms with Gasteiger partial charge < -0.3 is 0 Å². The van der Waals surface area contributed by atoms with Gasteiger partial charge in [-0.2, -0.15) is 9.57 Å². The normalized spacial score (nSPS) is 17.0. The summed E-state index contributed by atoms with van der Waals surface area (Å²) in [5.41, 5.74) is 0. The summed E-state index contributed by atoms with van der Waals surface area (Å²) >= 11 is 0. The van der Waals surface area contributed by atoms with Gasteiger partial charge in [-0.25, -0.2) is 8.42 Å². The van der Waals surface area contributed by atoms with Crippen LogP contribution in [0.2, 0.25) is 0 Å². The first-order valence-corrected chi connectivity index (χ1v) is 6.94. The van der Waals surface area contributed by atoms with E-state index >= 15 is 0 Å². The molecule has 0 amide bonds. The van der Waals surface area contributed by atoms with Crippen molar-refractivity contribution in [3.63, 3.8) is 0 Å². The van der Waals surface area contributed by atoms with Gasteiger partial charge in [-0.05, 0) is 18.8 Å². The molecule has 4 nitrogen and oxygen atoms in total.